The van der Waals surface area contributed by atoms with Gasteiger partial charge in [-0.2, -0.15) is 0 Å². The highest BCUT2D eigenvalue weighted by Crippen LogP contribution is 2.44. The Morgan fingerprint density at radius 2 is 0.682 bits per heavy atom. The third kappa shape index (κ3) is 13.6. The van der Waals surface area contributed by atoms with E-state index in [1.807, 2.05) is 24.3 Å². The summed E-state index contributed by atoms with van der Waals surface area (Å²) >= 11 is 0. The molecule has 0 saturated heterocycles. The van der Waals surface area contributed by atoms with E-state index in [-0.39, 0.29) is 38.4 Å². The van der Waals surface area contributed by atoms with Crippen LogP contribution in [0.1, 0.15) is 198 Å². The van der Waals surface area contributed by atoms with Crippen LogP contribution in [-0.2, 0) is 44.8 Å². The molecule has 9 rings (SSSR count). The lowest BCUT2D eigenvalue weighted by Crippen LogP contribution is -2.44. The normalized spacial score (nSPS) is 13.5. The molecule has 0 saturated carbocycles. The molecule has 1 amide bonds. The first-order valence-electron chi connectivity index (χ1n) is 29.7. The van der Waals surface area contributed by atoms with Gasteiger partial charge in [-0.15, -0.1) is 0 Å². The molecule has 85 heavy (non-hydrogen) atoms. The van der Waals surface area contributed by atoms with E-state index >= 15 is 0 Å². The summed E-state index contributed by atoms with van der Waals surface area (Å²) in [5.74, 6) is -0.197. The average Bonchev–Trinajstić information content (AvgIpc) is 2.70. The van der Waals surface area contributed by atoms with E-state index in [4.69, 9.17) is 22.3 Å². The first-order valence-corrected chi connectivity index (χ1v) is 32.8. The number of nitrogens with zero attached hydrogens (tertiary/aromatic N) is 2. The maximum atomic E-state index is 13.8. The third-order valence-electron chi connectivity index (χ3n) is 16.5. The van der Waals surface area contributed by atoms with Crippen LogP contribution in [-0.4, -0.2) is 72.7 Å². The first kappa shape index (κ1) is 63.2. The molecule has 2 aliphatic rings. The van der Waals surface area contributed by atoms with Gasteiger partial charge in [0.25, 0.3) is 5.91 Å². The molecule has 0 aliphatic carbocycles. The number of carbonyl (C=O) groups is 1. The van der Waals surface area contributed by atoms with E-state index in [1.165, 1.54) is 33.4 Å². The summed E-state index contributed by atoms with van der Waals surface area (Å²) in [4.78, 5) is 33.4. The van der Waals surface area contributed by atoms with E-state index in [0.29, 0.717) is 24.6 Å². The Labute approximate surface area is 517 Å². The van der Waals surface area contributed by atoms with E-state index in [0.717, 1.165) is 89.4 Å². The van der Waals surface area contributed by atoms with Gasteiger partial charge in [-0.1, -0.05) is 191 Å². The number of aromatic nitrogens is 4. The van der Waals surface area contributed by atoms with Crippen LogP contribution < -0.4 is 5.32 Å². The van der Waals surface area contributed by atoms with Gasteiger partial charge < -0.3 is 27.6 Å². The number of hydrogen-bond acceptors (Lipinski definition) is 6. The zero-order chi connectivity index (χ0) is 62.0. The van der Waals surface area contributed by atoms with E-state index < -0.39 is 8.80 Å². The standard InChI is InChI=1S/C72H84N5O4Si4/c1-67(2,3)48-34-45(35-49(40-48)68(4,5)6)63-56-26-24-54(74-56)62(43-20-22-44(23-21-43)66(78)73-32-19-33-85(79-82,80-83)81-84)55-25-27-57(75-55)64(46-36-50(69(7,8)9)41-51(37-46)70(10,11)12)59-29-31-61(77-59)65(60-30-28-58(63)76-60)47-38-52(71(13,14)15)42-53(39-47)72(16,17)18/h20-31,34-42,74,77H,19,32-33H2,1-18H3,(H,73,78). The van der Waals surface area contributed by atoms with Gasteiger partial charge in [0.1, 0.15) is 0 Å². The summed E-state index contributed by atoms with van der Waals surface area (Å²) in [6.07, 6.45) is 9.26. The maximum Gasteiger partial charge on any atom is 0.468 e. The number of fused-ring (bicyclic) bond motifs is 8. The Hall–Kier alpha value is -6.30. The fourth-order valence-corrected chi connectivity index (χ4v) is 14.4. The number of benzene rings is 4. The second-order valence-corrected chi connectivity index (χ2v) is 33.6. The molecule has 13 heteroatoms. The second kappa shape index (κ2) is 23.4. The molecule has 3 N–H and O–H groups in total. The van der Waals surface area contributed by atoms with Crippen molar-refractivity contribution in [2.45, 2.75) is 170 Å². The fraction of sp³-hybridized carbons (Fsp3) is 0.375. The number of rotatable bonds is 12. The number of H-pyrrole nitrogens is 2. The number of amides is 1. The Balaban J connectivity index is 1.41. The lowest BCUT2D eigenvalue weighted by Gasteiger charge is -2.26. The fourth-order valence-electron chi connectivity index (χ4n) is 10.9. The topological polar surface area (TPSA) is 114 Å². The highest BCUT2D eigenvalue weighted by atomic mass is 28.5. The minimum absolute atomic E-state index is 0.126. The molecule has 9 nitrogen and oxygen atoms in total. The predicted molar refractivity (Wildman–Crippen MR) is 361 cm³/mol. The monoisotopic (exact) mass is 1190 g/mol. The minimum atomic E-state index is -3.04. The average molecular weight is 1200 g/mol. The zero-order valence-corrected chi connectivity index (χ0v) is 57.3. The lowest BCUT2D eigenvalue weighted by molar-refractivity contribution is 0.0953. The van der Waals surface area contributed by atoms with Gasteiger partial charge in [-0.3, -0.25) is 4.79 Å². The SMILES string of the molecule is CC(C)(C)c1cc(-c2c3nc(c(-c4cc(C(C)(C)C)cc(C(C)(C)C)c4)c4ccc([nH]4)c(-c4cc(C(C)(C)C)cc(C(C)(C)C)c4)c4nc(c(-c5ccc(C(=O)NCCC[Si](O[Si])(O[Si])O[Si])cc5)c5ccc2[nH]5)C=C4)C=C3)cc(C(C)(C)C)c1. The number of aromatic amines is 2. The van der Waals surface area contributed by atoms with Crippen molar-refractivity contribution in [3.05, 3.63) is 165 Å². The van der Waals surface area contributed by atoms with Gasteiger partial charge in [0.15, 0.2) is 0 Å². The van der Waals surface area contributed by atoms with Crippen LogP contribution in [0.2, 0.25) is 6.04 Å². The number of carbonyl (C=O) groups excluding carboxylic acids is 1. The van der Waals surface area contributed by atoms with Gasteiger partial charge in [0.05, 0.1) is 22.8 Å². The number of nitrogens with one attached hydrogen (secondary N) is 3. The van der Waals surface area contributed by atoms with Crippen LogP contribution in [0.3, 0.4) is 0 Å². The maximum absolute atomic E-state index is 13.8. The summed E-state index contributed by atoms with van der Waals surface area (Å²) < 4.78 is 16.0. The van der Waals surface area contributed by atoms with Crippen molar-refractivity contribution < 1.29 is 17.1 Å². The van der Waals surface area contributed by atoms with Crippen LogP contribution in [0.4, 0.5) is 0 Å². The smallest absolute Gasteiger partial charge is 0.416 e. The van der Waals surface area contributed by atoms with Crippen molar-refractivity contribution in [2.75, 3.05) is 6.54 Å². The molecule has 437 valence electrons. The van der Waals surface area contributed by atoms with Crippen molar-refractivity contribution in [3.8, 4) is 44.5 Å². The third-order valence-corrected chi connectivity index (χ3v) is 21.2. The summed E-state index contributed by atoms with van der Waals surface area (Å²) in [5.41, 5.74) is 22.3. The predicted octanol–water partition coefficient (Wildman–Crippen LogP) is 17.5. The minimum Gasteiger partial charge on any atom is -0.416 e. The molecule has 4 aromatic carbocycles. The van der Waals surface area contributed by atoms with Crippen LogP contribution in [0.15, 0.2) is 103 Å². The molecule has 0 fully saturated rings. The van der Waals surface area contributed by atoms with Crippen LogP contribution >= 0.6 is 0 Å². The summed E-state index contributed by atoms with van der Waals surface area (Å²) in [6, 6.07) is 38.4. The quantitative estimate of drug-likeness (QED) is 0.0829. The first-order chi connectivity index (χ1) is 39.6. The molecule has 0 unspecified atom stereocenters. The zero-order valence-electron chi connectivity index (χ0n) is 53.3. The molecule has 0 spiro atoms. The van der Waals surface area contributed by atoms with Crippen LogP contribution in [0.5, 0.6) is 0 Å². The van der Waals surface area contributed by atoms with E-state index in [1.54, 1.807) is 0 Å². The molecule has 8 bridgehead atoms. The molecule has 3 aromatic heterocycles. The highest BCUT2D eigenvalue weighted by molar-refractivity contribution is 6.69. The molecular formula is C72H84N5O4Si4. The Kier molecular flexibility index (Phi) is 17.4. The van der Waals surface area contributed by atoms with Gasteiger partial charge in [-0.05, 0) is 155 Å². The molecular weight excluding hydrogens is 1110 g/mol. The van der Waals surface area contributed by atoms with Gasteiger partial charge >= 0.3 is 8.80 Å². The van der Waals surface area contributed by atoms with E-state index in [2.05, 4.69) is 275 Å². The summed E-state index contributed by atoms with van der Waals surface area (Å²) in [6.45, 7) is 41.6. The van der Waals surface area contributed by atoms with Gasteiger partial charge in [-0.25, -0.2) is 9.97 Å². The van der Waals surface area contributed by atoms with Crippen LogP contribution in [0.25, 0.3) is 90.9 Å². The van der Waals surface area contributed by atoms with Gasteiger partial charge in [0.2, 0.25) is 31.5 Å². The summed E-state index contributed by atoms with van der Waals surface area (Å²) in [7, 11) is 6.21. The second-order valence-electron chi connectivity index (χ2n) is 29.3. The van der Waals surface area contributed by atoms with E-state index in [9.17, 15) is 4.79 Å². The molecule has 9 radical (unpaired) electrons. The molecule has 5 heterocycles. The van der Waals surface area contributed by atoms with Crippen molar-refractivity contribution in [2.24, 2.45) is 0 Å². The molecule has 2 aliphatic heterocycles. The van der Waals surface area contributed by atoms with Crippen molar-refractivity contribution in [1.29, 1.82) is 0 Å². The Morgan fingerprint density at radius 3 is 0.941 bits per heavy atom. The van der Waals surface area contributed by atoms with Crippen molar-refractivity contribution in [1.82, 2.24) is 25.3 Å². The van der Waals surface area contributed by atoms with Crippen molar-refractivity contribution in [3.63, 3.8) is 0 Å². The Morgan fingerprint density at radius 1 is 0.412 bits per heavy atom. The Bertz CT molecular complexity index is 3760. The molecule has 0 atom stereocenters. The summed E-state index contributed by atoms with van der Waals surface area (Å²) in [5, 5.41) is 3.06. The number of hydrogen-bond donors (Lipinski definition) is 3. The lowest BCUT2D eigenvalue weighted by atomic mass is 9.78. The van der Waals surface area contributed by atoms with Gasteiger partial charge in [0, 0.05) is 62.5 Å². The molecule has 7 aromatic rings. The van der Waals surface area contributed by atoms with Crippen LogP contribution in [0, 0.1) is 0 Å². The largest absolute Gasteiger partial charge is 0.468 e. The van der Waals surface area contributed by atoms with Crippen molar-refractivity contribution >= 4 is 92.5 Å². The highest BCUT2D eigenvalue weighted by Gasteiger charge is 2.36.